The molecule has 1 saturated carbocycles. The van der Waals surface area contributed by atoms with E-state index in [2.05, 4.69) is 74.5 Å². The van der Waals surface area contributed by atoms with Crippen LogP contribution in [0.15, 0.2) is 85.0 Å². The molecule has 6 heteroatoms. The fraction of sp³-hybridized carbons (Fsp3) is 0.275. The third-order valence-electron chi connectivity index (χ3n) is 11.9. The summed E-state index contributed by atoms with van der Waals surface area (Å²) in [4.78, 5) is 15.6. The Bertz CT molecular complexity index is 2220. The fourth-order valence-corrected chi connectivity index (χ4v) is 9.98. The van der Waals surface area contributed by atoms with Crippen molar-refractivity contribution in [1.82, 2.24) is 4.57 Å². The van der Waals surface area contributed by atoms with E-state index < -0.39 is 6.23 Å². The Morgan fingerprint density at radius 1 is 0.652 bits per heavy atom. The number of hydrogen-bond donors (Lipinski definition) is 3. The monoisotopic (exact) mass is 606 g/mol. The van der Waals surface area contributed by atoms with Gasteiger partial charge in [-0.3, -0.25) is 14.3 Å². The average molecular weight is 607 g/mol. The molecule has 7 atom stereocenters. The number of rotatable bonds is 3. The smallest absolute Gasteiger partial charge is 0.233 e. The van der Waals surface area contributed by atoms with Crippen LogP contribution in [0.4, 0.5) is 5.69 Å². The lowest BCUT2D eigenvalue weighted by atomic mass is 9.85. The molecule has 5 aromatic rings. The van der Waals surface area contributed by atoms with E-state index >= 15 is 0 Å². The molecule has 4 aliphatic carbocycles. The van der Waals surface area contributed by atoms with E-state index in [1.54, 1.807) is 9.47 Å². The molecule has 4 aromatic carbocycles. The van der Waals surface area contributed by atoms with E-state index in [0.717, 1.165) is 79.1 Å². The second-order valence-corrected chi connectivity index (χ2v) is 14.1. The van der Waals surface area contributed by atoms with Crippen LogP contribution in [0.2, 0.25) is 0 Å². The molecule has 1 aromatic heterocycles. The van der Waals surface area contributed by atoms with Crippen LogP contribution in [0.25, 0.3) is 38.4 Å². The number of allylic oxidation sites excluding steroid dienone is 4. The highest BCUT2D eigenvalue weighted by Crippen LogP contribution is 2.58. The summed E-state index contributed by atoms with van der Waals surface area (Å²) in [6.45, 7) is 4.23. The van der Waals surface area contributed by atoms with Gasteiger partial charge in [0.25, 0.3) is 0 Å². The van der Waals surface area contributed by atoms with E-state index in [0.29, 0.717) is 0 Å². The standard InChI is InChI=1S/C40H34N2O4/c1-19-9-15-25-27(5-3-7-29(25)41-37(43)33-21-11-12-22(17-21)34(33)38(41)44)31(19)32-20(2)10-16-26-28(32)6-4-8-30(26)42-39(45)35-23-13-14-24(18-23)36(35)40(42)46/h3-16,21-24,33-34,37,43,45-46H,17-18H2,1-2H3. The number of nitrogens with zero attached hydrogens (tertiary/aromatic N) is 2. The number of aliphatic hydroxyl groups is 1. The molecular formula is C40H34N2O4. The minimum atomic E-state index is -0.844. The number of amides is 1. The average Bonchev–Trinajstić information content (AvgIpc) is 3.90. The summed E-state index contributed by atoms with van der Waals surface area (Å²) in [6, 6.07) is 20.5. The van der Waals surface area contributed by atoms with E-state index in [1.807, 2.05) is 24.3 Å². The molecule has 4 bridgehead atoms. The van der Waals surface area contributed by atoms with Gasteiger partial charge >= 0.3 is 0 Å². The first kappa shape index (κ1) is 26.4. The van der Waals surface area contributed by atoms with E-state index in [1.165, 1.54) is 0 Å². The van der Waals surface area contributed by atoms with Crippen LogP contribution in [-0.2, 0) is 4.79 Å². The second kappa shape index (κ2) is 8.92. The predicted octanol–water partition coefficient (Wildman–Crippen LogP) is 7.72. The number of carbonyl (C=O) groups excluding carboxylic acids is 1. The Morgan fingerprint density at radius 3 is 1.83 bits per heavy atom. The quantitative estimate of drug-likeness (QED) is 0.184. The molecule has 3 N–H and O–H groups in total. The summed E-state index contributed by atoms with van der Waals surface area (Å²) in [5.41, 5.74) is 7.54. The van der Waals surface area contributed by atoms with Crippen molar-refractivity contribution < 1.29 is 20.1 Å². The Kier molecular flexibility index (Phi) is 5.12. The highest BCUT2D eigenvalue weighted by Gasteiger charge is 2.59. The van der Waals surface area contributed by atoms with Crippen LogP contribution < -0.4 is 4.90 Å². The molecule has 5 aliphatic rings. The Labute approximate surface area is 266 Å². The number of fused-ring (bicyclic) bond motifs is 12. The fourth-order valence-electron chi connectivity index (χ4n) is 9.98. The number of aryl methyl sites for hydroxylation is 2. The van der Waals surface area contributed by atoms with Gasteiger partial charge in [0.05, 0.1) is 17.3 Å². The highest BCUT2D eigenvalue weighted by atomic mass is 16.3. The first-order valence-electron chi connectivity index (χ1n) is 16.4. The number of hydrogen-bond acceptors (Lipinski definition) is 4. The van der Waals surface area contributed by atoms with Crippen LogP contribution in [0.1, 0.15) is 46.9 Å². The van der Waals surface area contributed by atoms with Crippen molar-refractivity contribution in [1.29, 1.82) is 0 Å². The zero-order valence-corrected chi connectivity index (χ0v) is 25.7. The van der Waals surface area contributed by atoms with Gasteiger partial charge in [-0.25, -0.2) is 0 Å². The number of benzene rings is 4. The van der Waals surface area contributed by atoms with Crippen molar-refractivity contribution in [2.24, 2.45) is 23.7 Å². The predicted molar refractivity (Wildman–Crippen MR) is 179 cm³/mol. The van der Waals surface area contributed by atoms with Crippen LogP contribution >= 0.6 is 0 Å². The number of anilines is 1. The number of aliphatic hydroxyl groups excluding tert-OH is 1. The summed E-state index contributed by atoms with van der Waals surface area (Å²) < 4.78 is 1.62. The van der Waals surface area contributed by atoms with Crippen molar-refractivity contribution in [3.05, 3.63) is 107 Å². The first-order valence-corrected chi connectivity index (χ1v) is 16.4. The molecule has 6 nitrogen and oxygen atoms in total. The van der Waals surface area contributed by atoms with Crippen LogP contribution in [0, 0.1) is 37.5 Å². The third kappa shape index (κ3) is 3.13. The summed E-state index contributed by atoms with van der Waals surface area (Å²) in [6.07, 6.45) is 9.67. The Morgan fingerprint density at radius 2 is 1.22 bits per heavy atom. The maximum absolute atomic E-state index is 13.9. The lowest BCUT2D eigenvalue weighted by molar-refractivity contribution is -0.121. The van der Waals surface area contributed by atoms with Crippen molar-refractivity contribution >= 4 is 33.1 Å². The number of aromatic hydroxyl groups is 2. The molecule has 46 heavy (non-hydrogen) atoms. The molecule has 1 aliphatic heterocycles. The van der Waals surface area contributed by atoms with Gasteiger partial charge < -0.3 is 15.3 Å². The first-order chi connectivity index (χ1) is 22.3. The van der Waals surface area contributed by atoms with Crippen molar-refractivity contribution in [3.8, 4) is 28.6 Å². The molecule has 0 radical (unpaired) electrons. The molecule has 7 unspecified atom stereocenters. The lowest BCUT2D eigenvalue weighted by Crippen LogP contribution is -2.37. The third-order valence-corrected chi connectivity index (χ3v) is 11.9. The van der Waals surface area contributed by atoms with Crippen LogP contribution in [-0.4, -0.2) is 32.0 Å². The van der Waals surface area contributed by atoms with E-state index in [9.17, 15) is 20.1 Å². The maximum atomic E-state index is 13.9. The van der Waals surface area contributed by atoms with Crippen molar-refractivity contribution in [2.75, 3.05) is 4.90 Å². The molecule has 2 heterocycles. The van der Waals surface area contributed by atoms with Gasteiger partial charge in [0.1, 0.15) is 6.23 Å². The van der Waals surface area contributed by atoms with Gasteiger partial charge in [-0.05, 0) is 83.7 Å². The second-order valence-electron chi connectivity index (χ2n) is 14.1. The van der Waals surface area contributed by atoms with Gasteiger partial charge in [-0.1, -0.05) is 72.8 Å². The largest absolute Gasteiger partial charge is 0.494 e. The Balaban J connectivity index is 1.17. The molecule has 228 valence electrons. The highest BCUT2D eigenvalue weighted by molar-refractivity contribution is 6.14. The molecule has 0 spiro atoms. The normalized spacial score (nSPS) is 28.4. The summed E-state index contributed by atoms with van der Waals surface area (Å²) in [7, 11) is 0. The molecule has 1 saturated heterocycles. The van der Waals surface area contributed by atoms with Crippen LogP contribution in [0.3, 0.4) is 0 Å². The van der Waals surface area contributed by atoms with Gasteiger partial charge in [0.15, 0.2) is 0 Å². The molecule has 2 fully saturated rings. The zero-order valence-electron chi connectivity index (χ0n) is 25.7. The lowest BCUT2D eigenvalue weighted by Gasteiger charge is -2.27. The Hall–Kier alpha value is -4.81. The maximum Gasteiger partial charge on any atom is 0.233 e. The van der Waals surface area contributed by atoms with Gasteiger partial charge in [0, 0.05) is 39.7 Å². The summed E-state index contributed by atoms with van der Waals surface area (Å²) >= 11 is 0. The van der Waals surface area contributed by atoms with Gasteiger partial charge in [-0.15, -0.1) is 0 Å². The summed E-state index contributed by atoms with van der Waals surface area (Å²) in [5.74, 6) is 0.795. The molecular weight excluding hydrogens is 572 g/mol. The topological polar surface area (TPSA) is 85.9 Å². The van der Waals surface area contributed by atoms with Gasteiger partial charge in [-0.2, -0.15) is 0 Å². The van der Waals surface area contributed by atoms with Crippen molar-refractivity contribution in [3.63, 3.8) is 0 Å². The number of aromatic nitrogens is 1. The zero-order chi connectivity index (χ0) is 31.2. The van der Waals surface area contributed by atoms with Gasteiger partial charge in [0.2, 0.25) is 17.7 Å². The minimum absolute atomic E-state index is 0.0248. The summed E-state index contributed by atoms with van der Waals surface area (Å²) in [5, 5.41) is 38.4. The SMILES string of the molecule is Cc1ccc2c(N3C(=O)C4C5C=CC(C5)C4C3O)cccc2c1-c1c(C)ccc2c(-n3c(O)c4c(c3O)C3C=CC4C3)cccc12. The van der Waals surface area contributed by atoms with E-state index in [-0.39, 0.29) is 53.2 Å². The van der Waals surface area contributed by atoms with Crippen LogP contribution in [0.5, 0.6) is 11.8 Å². The van der Waals surface area contributed by atoms with Crippen molar-refractivity contribution in [2.45, 2.75) is 44.8 Å². The minimum Gasteiger partial charge on any atom is -0.494 e. The molecule has 1 amide bonds. The van der Waals surface area contributed by atoms with E-state index in [4.69, 9.17) is 0 Å². The molecule has 10 rings (SSSR count). The number of carbonyl (C=O) groups is 1.